The van der Waals surface area contributed by atoms with Gasteiger partial charge >= 0.3 is 6.03 Å². The minimum atomic E-state index is -0.336. The Kier molecular flexibility index (Phi) is 9.01. The molecule has 1 atom stereocenters. The molecule has 1 saturated heterocycles. The minimum absolute atomic E-state index is 0.0606. The highest BCUT2D eigenvalue weighted by Gasteiger charge is 2.24. The van der Waals surface area contributed by atoms with E-state index in [-0.39, 0.29) is 29.5 Å². The molecular formula is C32H40N6O3. The number of nitrogens with zero attached hydrogens (tertiary/aromatic N) is 4. The van der Waals surface area contributed by atoms with Crippen LogP contribution in [0.4, 0.5) is 4.79 Å². The second kappa shape index (κ2) is 12.5. The van der Waals surface area contributed by atoms with Crippen LogP contribution in [0.2, 0.25) is 0 Å². The number of ether oxygens (including phenoxy) is 1. The summed E-state index contributed by atoms with van der Waals surface area (Å²) in [6, 6.07) is 14.7. The van der Waals surface area contributed by atoms with Crippen LogP contribution >= 0.6 is 0 Å². The zero-order chi connectivity index (χ0) is 29.7. The third-order valence-electron chi connectivity index (χ3n) is 6.95. The first-order valence-electron chi connectivity index (χ1n) is 14.1. The van der Waals surface area contributed by atoms with Crippen molar-refractivity contribution in [2.24, 2.45) is 7.05 Å². The molecule has 0 spiro atoms. The fourth-order valence-corrected chi connectivity index (χ4v) is 5.06. The molecule has 1 aliphatic heterocycles. The molecule has 216 valence electrons. The monoisotopic (exact) mass is 556 g/mol. The van der Waals surface area contributed by atoms with Crippen molar-refractivity contribution in [2.75, 3.05) is 19.6 Å². The highest BCUT2D eigenvalue weighted by atomic mass is 16.5. The van der Waals surface area contributed by atoms with E-state index in [1.165, 1.54) is 0 Å². The summed E-state index contributed by atoms with van der Waals surface area (Å²) in [6.45, 7) is 11.9. The van der Waals surface area contributed by atoms with E-state index in [9.17, 15) is 14.9 Å². The average Bonchev–Trinajstić information content (AvgIpc) is 3.32. The number of carbonyl (C=O) groups is 2. The normalized spacial score (nSPS) is 14.4. The molecule has 0 aliphatic carbocycles. The Labute approximate surface area is 242 Å². The molecule has 1 aliphatic rings. The summed E-state index contributed by atoms with van der Waals surface area (Å²) in [5, 5.41) is 15.6. The molecule has 1 fully saturated rings. The van der Waals surface area contributed by atoms with Crippen molar-refractivity contribution >= 4 is 11.9 Å². The van der Waals surface area contributed by atoms with E-state index in [0.29, 0.717) is 42.9 Å². The first-order chi connectivity index (χ1) is 19.4. The molecule has 9 heteroatoms. The molecule has 0 radical (unpaired) electrons. The molecule has 41 heavy (non-hydrogen) atoms. The van der Waals surface area contributed by atoms with E-state index in [1.54, 1.807) is 23.1 Å². The molecule has 3 amide bonds. The Bertz CT molecular complexity index is 1430. The van der Waals surface area contributed by atoms with Gasteiger partial charge in [0.25, 0.3) is 5.91 Å². The number of carbonyl (C=O) groups excluding carboxylic acids is 2. The van der Waals surface area contributed by atoms with Gasteiger partial charge in [0.15, 0.2) is 0 Å². The minimum Gasteiger partial charge on any atom is -0.490 e. The van der Waals surface area contributed by atoms with E-state index >= 15 is 0 Å². The van der Waals surface area contributed by atoms with E-state index in [1.807, 2.05) is 51.4 Å². The fourth-order valence-electron chi connectivity index (χ4n) is 5.06. The molecule has 9 nitrogen and oxygen atoms in total. The summed E-state index contributed by atoms with van der Waals surface area (Å²) in [7, 11) is 2.01. The summed E-state index contributed by atoms with van der Waals surface area (Å²) < 4.78 is 7.77. The number of rotatable bonds is 9. The highest BCUT2D eigenvalue weighted by molar-refractivity contribution is 5.95. The van der Waals surface area contributed by atoms with E-state index in [4.69, 9.17) is 9.72 Å². The van der Waals surface area contributed by atoms with Crippen molar-refractivity contribution in [3.05, 3.63) is 71.2 Å². The third-order valence-corrected chi connectivity index (χ3v) is 6.95. The molecule has 3 aromatic rings. The standard InChI is InChI=1S/C32H40N6O3/c1-21(2)41-28-13-12-24(17-25(28)18-33)29(39)35-26(19-38-15-7-14-34-31(38)40)16-22-8-10-23(11-9-22)27-20-37(6)30(36-27)32(3,4)5/h8-13,17,20-21,26H,7,14-16,19H2,1-6H3,(H,34,40)(H,35,39)/t26-/m0/s1. The number of nitrogens with one attached hydrogen (secondary N) is 2. The van der Waals surface area contributed by atoms with Crippen molar-refractivity contribution in [2.45, 2.75) is 65.0 Å². The van der Waals surface area contributed by atoms with Crippen LogP contribution in [0.5, 0.6) is 5.75 Å². The first kappa shape index (κ1) is 29.7. The lowest BCUT2D eigenvalue weighted by Gasteiger charge is -2.31. The zero-order valence-corrected chi connectivity index (χ0v) is 24.8. The second-order valence-corrected chi connectivity index (χ2v) is 11.9. The number of imidazole rings is 1. The Morgan fingerprint density at radius 2 is 1.93 bits per heavy atom. The molecule has 0 saturated carbocycles. The van der Waals surface area contributed by atoms with Gasteiger partial charge in [0.05, 0.1) is 23.4 Å². The lowest BCUT2D eigenvalue weighted by molar-refractivity contribution is 0.0924. The number of aryl methyl sites for hydroxylation is 1. The zero-order valence-electron chi connectivity index (χ0n) is 24.8. The van der Waals surface area contributed by atoms with E-state index in [2.05, 4.69) is 42.0 Å². The van der Waals surface area contributed by atoms with E-state index < -0.39 is 0 Å². The summed E-state index contributed by atoms with van der Waals surface area (Å²) in [5.41, 5.74) is 3.57. The number of hydrogen-bond acceptors (Lipinski definition) is 5. The molecule has 0 unspecified atom stereocenters. The molecule has 4 rings (SSSR count). The summed E-state index contributed by atoms with van der Waals surface area (Å²) in [6.07, 6.45) is 3.34. The van der Waals surface area contributed by atoms with Crippen LogP contribution < -0.4 is 15.4 Å². The largest absolute Gasteiger partial charge is 0.490 e. The van der Waals surface area contributed by atoms with Crippen molar-refractivity contribution < 1.29 is 14.3 Å². The average molecular weight is 557 g/mol. The third kappa shape index (κ3) is 7.46. The van der Waals surface area contributed by atoms with Crippen LogP contribution in [-0.4, -0.2) is 58.2 Å². The summed E-state index contributed by atoms with van der Waals surface area (Å²) in [4.78, 5) is 32.4. The van der Waals surface area contributed by atoms with Gasteiger partial charge in [0.2, 0.25) is 0 Å². The van der Waals surface area contributed by atoms with Crippen LogP contribution in [0.1, 0.15) is 68.3 Å². The van der Waals surface area contributed by atoms with Gasteiger partial charge in [-0.25, -0.2) is 9.78 Å². The first-order valence-corrected chi connectivity index (χ1v) is 14.1. The predicted molar refractivity (Wildman–Crippen MR) is 159 cm³/mol. The van der Waals surface area contributed by atoms with Crippen LogP contribution in [0.25, 0.3) is 11.3 Å². The Morgan fingerprint density at radius 1 is 1.20 bits per heavy atom. The van der Waals surface area contributed by atoms with E-state index in [0.717, 1.165) is 29.1 Å². The van der Waals surface area contributed by atoms with Gasteiger partial charge in [-0.3, -0.25) is 4.79 Å². The molecule has 2 aromatic carbocycles. The Hall–Kier alpha value is -4.32. The van der Waals surface area contributed by atoms with Gasteiger partial charge < -0.3 is 24.8 Å². The van der Waals surface area contributed by atoms with Gasteiger partial charge in [-0.05, 0) is 50.5 Å². The van der Waals surface area contributed by atoms with Crippen molar-refractivity contribution in [3.8, 4) is 23.1 Å². The molecule has 2 N–H and O–H groups in total. The van der Waals surface area contributed by atoms with Gasteiger partial charge in [-0.1, -0.05) is 45.0 Å². The topological polar surface area (TPSA) is 112 Å². The number of aromatic nitrogens is 2. The Balaban J connectivity index is 1.53. The van der Waals surface area contributed by atoms with Crippen LogP contribution in [0.3, 0.4) is 0 Å². The Morgan fingerprint density at radius 3 is 2.54 bits per heavy atom. The van der Waals surface area contributed by atoms with Crippen LogP contribution in [0, 0.1) is 11.3 Å². The number of amides is 3. The summed E-state index contributed by atoms with van der Waals surface area (Å²) in [5.74, 6) is 1.16. The maximum atomic E-state index is 13.3. The molecule has 0 bridgehead atoms. The fraction of sp³-hybridized carbons (Fsp3) is 0.438. The number of nitriles is 1. The molecule has 2 heterocycles. The smallest absolute Gasteiger partial charge is 0.317 e. The number of benzene rings is 2. The van der Waals surface area contributed by atoms with Gasteiger partial charge in [-0.2, -0.15) is 5.26 Å². The molecular weight excluding hydrogens is 516 g/mol. The van der Waals surface area contributed by atoms with Crippen LogP contribution in [0.15, 0.2) is 48.7 Å². The lowest BCUT2D eigenvalue weighted by atomic mass is 9.96. The predicted octanol–water partition coefficient (Wildman–Crippen LogP) is 4.80. The second-order valence-electron chi connectivity index (χ2n) is 11.9. The van der Waals surface area contributed by atoms with Crippen molar-refractivity contribution in [1.82, 2.24) is 25.1 Å². The van der Waals surface area contributed by atoms with Gasteiger partial charge in [-0.15, -0.1) is 0 Å². The number of hydrogen-bond donors (Lipinski definition) is 2. The highest BCUT2D eigenvalue weighted by Crippen LogP contribution is 2.26. The van der Waals surface area contributed by atoms with Gasteiger partial charge in [0.1, 0.15) is 17.6 Å². The van der Waals surface area contributed by atoms with Gasteiger partial charge in [0, 0.05) is 49.4 Å². The lowest BCUT2D eigenvalue weighted by Crippen LogP contribution is -2.52. The van der Waals surface area contributed by atoms with Crippen molar-refractivity contribution in [1.29, 1.82) is 5.26 Å². The maximum Gasteiger partial charge on any atom is 0.317 e. The SMILES string of the molecule is CC(C)Oc1ccc(C(=O)N[C@@H](Cc2ccc(-c3cn(C)c(C(C)(C)C)n3)cc2)CN2CCCNC2=O)cc1C#N. The number of urea groups is 1. The maximum absolute atomic E-state index is 13.3. The molecule has 1 aromatic heterocycles. The summed E-state index contributed by atoms with van der Waals surface area (Å²) >= 11 is 0. The van der Waals surface area contributed by atoms with Crippen LogP contribution in [-0.2, 0) is 18.9 Å². The quantitative estimate of drug-likeness (QED) is 0.393. The van der Waals surface area contributed by atoms with Crippen molar-refractivity contribution in [3.63, 3.8) is 0 Å².